The average molecular weight is 739 g/mol. The molecule has 51 heavy (non-hydrogen) atoms. The van der Waals surface area contributed by atoms with Crippen molar-refractivity contribution in [3.63, 3.8) is 0 Å². The van der Waals surface area contributed by atoms with Gasteiger partial charge >= 0.3 is 19.8 Å². The van der Waals surface area contributed by atoms with Crippen LogP contribution in [-0.4, -0.2) is 74.9 Å². The summed E-state index contributed by atoms with van der Waals surface area (Å²) in [6.45, 7) is 4.18. The number of carbonyl (C=O) groups excluding carboxylic acids is 2. The van der Waals surface area contributed by atoms with Gasteiger partial charge in [0.1, 0.15) is 19.8 Å². The van der Waals surface area contributed by atoms with Crippen LogP contribution in [0.4, 0.5) is 0 Å². The van der Waals surface area contributed by atoms with E-state index in [1.807, 2.05) is 21.1 Å². The van der Waals surface area contributed by atoms with E-state index in [2.05, 4.69) is 74.6 Å². The van der Waals surface area contributed by atoms with Crippen molar-refractivity contribution in [3.8, 4) is 0 Å². The van der Waals surface area contributed by atoms with Crippen molar-refractivity contribution in [3.05, 3.63) is 60.8 Å². The molecule has 0 aromatic carbocycles. The first kappa shape index (κ1) is 48.7. The van der Waals surface area contributed by atoms with Gasteiger partial charge in [0.05, 0.1) is 27.7 Å². The number of carbonyl (C=O) groups is 2. The summed E-state index contributed by atoms with van der Waals surface area (Å²) >= 11 is 0. The van der Waals surface area contributed by atoms with Gasteiger partial charge in [-0.15, -0.1) is 0 Å². The largest absolute Gasteiger partial charge is 0.472 e. The minimum Gasteiger partial charge on any atom is -0.462 e. The van der Waals surface area contributed by atoms with Crippen molar-refractivity contribution in [2.24, 2.45) is 0 Å². The molecular formula is C41H73NO8P+. The third kappa shape index (κ3) is 37.3. The smallest absolute Gasteiger partial charge is 0.462 e. The van der Waals surface area contributed by atoms with E-state index in [0.717, 1.165) is 83.5 Å². The number of ether oxygens (including phenoxy) is 2. The maximum Gasteiger partial charge on any atom is 0.472 e. The van der Waals surface area contributed by atoms with Crippen LogP contribution in [0, 0.1) is 0 Å². The summed E-state index contributed by atoms with van der Waals surface area (Å²) in [4.78, 5) is 35.2. The molecule has 0 fully saturated rings. The third-order valence-corrected chi connectivity index (χ3v) is 8.77. The second kappa shape index (κ2) is 33.5. The van der Waals surface area contributed by atoms with Crippen LogP contribution in [0.3, 0.4) is 0 Å². The zero-order valence-corrected chi connectivity index (χ0v) is 33.7. The lowest BCUT2D eigenvalue weighted by atomic mass is 10.1. The van der Waals surface area contributed by atoms with Crippen LogP contribution in [0.5, 0.6) is 0 Å². The average Bonchev–Trinajstić information content (AvgIpc) is 3.07. The number of nitrogens with zero attached hydrogens (tertiary/aromatic N) is 1. The second-order valence-corrected chi connectivity index (χ2v) is 15.4. The van der Waals surface area contributed by atoms with Crippen LogP contribution >= 0.6 is 7.82 Å². The number of esters is 2. The molecule has 0 aliphatic carbocycles. The van der Waals surface area contributed by atoms with E-state index < -0.39 is 32.5 Å². The standard InChI is InChI=1S/C41H72NO8P/c1-6-8-10-12-14-16-18-20-22-23-25-27-29-31-33-40(43)47-37-39(38-49-51(45,46)48-36-35-42(3,4)5)50-41(44)34-32-30-28-26-24-21-19-17-15-13-11-9-7-2/h9,11-12,14-15,17-18,20-21,24,39H,6-8,10,13,16,19,22-23,25-38H2,1-5H3/p+1/b11-9-,14-12-,17-15-,20-18-,24-21-. The number of allylic oxidation sites excluding steroid dienone is 10. The molecular weight excluding hydrogens is 665 g/mol. The summed E-state index contributed by atoms with van der Waals surface area (Å²) in [6, 6.07) is 0. The molecule has 0 heterocycles. The van der Waals surface area contributed by atoms with Crippen molar-refractivity contribution >= 4 is 19.8 Å². The Hall–Kier alpha value is -2.29. The Morgan fingerprint density at radius 3 is 1.69 bits per heavy atom. The highest BCUT2D eigenvalue weighted by atomic mass is 31.2. The maximum absolute atomic E-state index is 12.6. The predicted octanol–water partition coefficient (Wildman–Crippen LogP) is 10.5. The number of quaternary nitrogens is 1. The number of rotatable bonds is 34. The van der Waals surface area contributed by atoms with E-state index in [1.165, 1.54) is 12.8 Å². The van der Waals surface area contributed by atoms with Gasteiger partial charge in [-0.25, -0.2) is 4.57 Å². The number of hydrogen-bond donors (Lipinski definition) is 1. The molecule has 0 spiro atoms. The van der Waals surface area contributed by atoms with Gasteiger partial charge in [-0.1, -0.05) is 113 Å². The molecule has 0 aliphatic heterocycles. The van der Waals surface area contributed by atoms with Crippen LogP contribution in [-0.2, 0) is 32.7 Å². The Labute approximate surface area is 311 Å². The fourth-order valence-corrected chi connectivity index (χ4v) is 5.43. The molecule has 9 nitrogen and oxygen atoms in total. The van der Waals surface area contributed by atoms with Crippen LogP contribution in [0.25, 0.3) is 0 Å². The molecule has 0 amide bonds. The highest BCUT2D eigenvalue weighted by molar-refractivity contribution is 7.47. The summed E-state index contributed by atoms with van der Waals surface area (Å²) in [5.41, 5.74) is 0. The summed E-state index contributed by atoms with van der Waals surface area (Å²) in [7, 11) is 1.44. The van der Waals surface area contributed by atoms with Gasteiger partial charge in [-0.3, -0.25) is 18.6 Å². The van der Waals surface area contributed by atoms with Gasteiger partial charge in [0.15, 0.2) is 6.10 Å². The van der Waals surface area contributed by atoms with E-state index in [9.17, 15) is 19.0 Å². The molecule has 2 atom stereocenters. The van der Waals surface area contributed by atoms with Crippen LogP contribution in [0.15, 0.2) is 60.8 Å². The third-order valence-electron chi connectivity index (χ3n) is 7.78. The molecule has 1 N–H and O–H groups in total. The summed E-state index contributed by atoms with van der Waals surface area (Å²) in [6.07, 6.45) is 38.4. The van der Waals surface area contributed by atoms with Gasteiger partial charge in [0, 0.05) is 12.8 Å². The highest BCUT2D eigenvalue weighted by Crippen LogP contribution is 2.43. The van der Waals surface area contributed by atoms with Gasteiger partial charge in [0.25, 0.3) is 0 Å². The number of unbranched alkanes of at least 4 members (excludes halogenated alkanes) is 10. The SMILES string of the molecule is CC/C=C\C/C=C\C/C=C\CCCCCC(=O)OC(COC(=O)CCCCCCC/C=C\C/C=C\CCCC)COP(=O)(O)OCC[N+](C)(C)C. The van der Waals surface area contributed by atoms with Crippen LogP contribution < -0.4 is 0 Å². The molecule has 0 aromatic heterocycles. The summed E-state index contributed by atoms with van der Waals surface area (Å²) < 4.78 is 34.1. The van der Waals surface area contributed by atoms with E-state index in [1.54, 1.807) is 0 Å². The van der Waals surface area contributed by atoms with E-state index in [0.29, 0.717) is 23.9 Å². The Kier molecular flexibility index (Phi) is 32.0. The zero-order chi connectivity index (χ0) is 37.9. The first-order valence-electron chi connectivity index (χ1n) is 19.5. The van der Waals surface area contributed by atoms with Crippen molar-refractivity contribution in [1.82, 2.24) is 0 Å². The minimum absolute atomic E-state index is 0.0206. The fraction of sp³-hybridized carbons (Fsp3) is 0.707. The van der Waals surface area contributed by atoms with Gasteiger partial charge in [-0.2, -0.15) is 0 Å². The molecule has 2 unspecified atom stereocenters. The molecule has 10 heteroatoms. The van der Waals surface area contributed by atoms with Crippen LogP contribution in [0.2, 0.25) is 0 Å². The fourth-order valence-electron chi connectivity index (χ4n) is 4.69. The second-order valence-electron chi connectivity index (χ2n) is 13.9. The summed E-state index contributed by atoms with van der Waals surface area (Å²) in [5.74, 6) is -0.858. The molecule has 0 aliphatic rings. The maximum atomic E-state index is 12.6. The van der Waals surface area contributed by atoms with Crippen molar-refractivity contribution < 1.29 is 42.1 Å². The lowest BCUT2D eigenvalue weighted by molar-refractivity contribution is -0.870. The Bertz CT molecular complexity index is 1060. The van der Waals surface area contributed by atoms with E-state index >= 15 is 0 Å². The van der Waals surface area contributed by atoms with E-state index in [4.69, 9.17) is 18.5 Å². The van der Waals surface area contributed by atoms with E-state index in [-0.39, 0.29) is 26.1 Å². The molecule has 0 saturated heterocycles. The first-order valence-corrected chi connectivity index (χ1v) is 21.0. The number of phosphoric ester groups is 1. The normalized spacial score (nSPS) is 14.4. The summed E-state index contributed by atoms with van der Waals surface area (Å²) in [5, 5.41) is 0. The highest BCUT2D eigenvalue weighted by Gasteiger charge is 2.27. The molecule has 294 valence electrons. The van der Waals surface area contributed by atoms with Gasteiger partial charge < -0.3 is 18.9 Å². The predicted molar refractivity (Wildman–Crippen MR) is 210 cm³/mol. The molecule has 0 aromatic rings. The van der Waals surface area contributed by atoms with Crippen molar-refractivity contribution in [2.45, 2.75) is 142 Å². The first-order chi connectivity index (χ1) is 24.5. The van der Waals surface area contributed by atoms with Crippen molar-refractivity contribution in [1.29, 1.82) is 0 Å². The van der Waals surface area contributed by atoms with Gasteiger partial charge in [0.2, 0.25) is 0 Å². The van der Waals surface area contributed by atoms with Crippen molar-refractivity contribution in [2.75, 3.05) is 47.5 Å². The van der Waals surface area contributed by atoms with Gasteiger partial charge in [-0.05, 0) is 70.6 Å². The number of hydrogen-bond acceptors (Lipinski definition) is 7. The Balaban J connectivity index is 4.51. The number of likely N-dealkylation sites (N-methyl/N-ethyl adjacent to an activating group) is 1. The Morgan fingerprint density at radius 2 is 1.12 bits per heavy atom. The monoisotopic (exact) mass is 739 g/mol. The zero-order valence-electron chi connectivity index (χ0n) is 32.8. The molecule has 0 rings (SSSR count). The topological polar surface area (TPSA) is 108 Å². The number of phosphoric acid groups is 1. The molecule has 0 bridgehead atoms. The molecule has 0 radical (unpaired) electrons. The lowest BCUT2D eigenvalue weighted by Gasteiger charge is -2.24. The van der Waals surface area contributed by atoms with Crippen LogP contribution in [0.1, 0.15) is 136 Å². The minimum atomic E-state index is -4.38. The lowest BCUT2D eigenvalue weighted by Crippen LogP contribution is -2.37. The molecule has 0 saturated carbocycles. The quantitative estimate of drug-likeness (QED) is 0.0229. The Morgan fingerprint density at radius 1 is 0.627 bits per heavy atom.